The van der Waals surface area contributed by atoms with E-state index in [9.17, 15) is 4.39 Å². The molecular formula is C14H12BrClFIN2. The molecule has 2 aromatic rings. The van der Waals surface area contributed by atoms with Crippen molar-refractivity contribution in [3.05, 3.63) is 66.4 Å². The molecule has 0 radical (unpaired) electrons. The van der Waals surface area contributed by atoms with Gasteiger partial charge in [0.05, 0.1) is 6.04 Å². The van der Waals surface area contributed by atoms with E-state index in [0.29, 0.717) is 11.4 Å². The number of rotatable bonds is 4. The molecule has 0 aliphatic carbocycles. The Bertz CT molecular complexity index is 624. The Labute approximate surface area is 144 Å². The highest BCUT2D eigenvalue weighted by Crippen LogP contribution is 2.28. The summed E-state index contributed by atoms with van der Waals surface area (Å²) in [6.07, 6.45) is 0.561. The number of hydrogen-bond acceptors (Lipinski definition) is 2. The van der Waals surface area contributed by atoms with E-state index in [1.54, 1.807) is 6.07 Å². The SMILES string of the molecule is NNC(Cc1cc(F)ccc1Br)c1cc(Cl)ccc1I. The number of halogens is 4. The largest absolute Gasteiger partial charge is 0.271 e. The molecule has 1 unspecified atom stereocenters. The second-order valence-corrected chi connectivity index (χ2v) is 6.78. The second-order valence-electron chi connectivity index (χ2n) is 4.32. The molecule has 0 saturated heterocycles. The number of hydrazine groups is 1. The van der Waals surface area contributed by atoms with Gasteiger partial charge in [0.25, 0.3) is 0 Å². The van der Waals surface area contributed by atoms with Gasteiger partial charge in [-0.3, -0.25) is 11.3 Å². The summed E-state index contributed by atoms with van der Waals surface area (Å²) in [5.41, 5.74) is 4.62. The Kier molecular flexibility index (Phi) is 5.80. The van der Waals surface area contributed by atoms with Gasteiger partial charge < -0.3 is 0 Å². The van der Waals surface area contributed by atoms with Gasteiger partial charge in [0.2, 0.25) is 0 Å². The molecule has 6 heteroatoms. The third-order valence-corrected chi connectivity index (χ3v) is 4.96. The van der Waals surface area contributed by atoms with E-state index < -0.39 is 0 Å². The maximum absolute atomic E-state index is 13.4. The Morgan fingerprint density at radius 1 is 1.30 bits per heavy atom. The van der Waals surface area contributed by atoms with E-state index in [4.69, 9.17) is 17.4 Å². The van der Waals surface area contributed by atoms with Crippen LogP contribution in [0.2, 0.25) is 5.02 Å². The summed E-state index contributed by atoms with van der Waals surface area (Å²) in [5, 5.41) is 0.652. The van der Waals surface area contributed by atoms with Crippen molar-refractivity contribution in [3.8, 4) is 0 Å². The van der Waals surface area contributed by atoms with Gasteiger partial charge in [-0.2, -0.15) is 0 Å². The van der Waals surface area contributed by atoms with Gasteiger partial charge in [0.15, 0.2) is 0 Å². The molecule has 0 bridgehead atoms. The van der Waals surface area contributed by atoms with Gasteiger partial charge in [-0.25, -0.2) is 4.39 Å². The van der Waals surface area contributed by atoms with Crippen molar-refractivity contribution in [1.29, 1.82) is 0 Å². The molecule has 2 aromatic carbocycles. The predicted molar refractivity (Wildman–Crippen MR) is 92.0 cm³/mol. The highest BCUT2D eigenvalue weighted by Gasteiger charge is 2.16. The van der Waals surface area contributed by atoms with Crippen LogP contribution in [-0.2, 0) is 6.42 Å². The Morgan fingerprint density at radius 2 is 2.05 bits per heavy atom. The third kappa shape index (κ3) is 3.92. The summed E-state index contributed by atoms with van der Waals surface area (Å²) in [7, 11) is 0. The van der Waals surface area contributed by atoms with Crippen LogP contribution < -0.4 is 11.3 Å². The lowest BCUT2D eigenvalue weighted by atomic mass is 9.99. The maximum Gasteiger partial charge on any atom is 0.123 e. The van der Waals surface area contributed by atoms with Gasteiger partial charge >= 0.3 is 0 Å². The van der Waals surface area contributed by atoms with Gasteiger partial charge in [-0.1, -0.05) is 27.5 Å². The van der Waals surface area contributed by atoms with Gasteiger partial charge in [-0.15, -0.1) is 0 Å². The number of benzene rings is 2. The minimum atomic E-state index is -0.264. The van der Waals surface area contributed by atoms with Crippen LogP contribution in [0.25, 0.3) is 0 Å². The smallest absolute Gasteiger partial charge is 0.123 e. The summed E-state index contributed by atoms with van der Waals surface area (Å²) < 4.78 is 15.3. The molecule has 3 N–H and O–H groups in total. The molecule has 1 atom stereocenters. The summed E-state index contributed by atoms with van der Waals surface area (Å²) in [5.74, 6) is 5.39. The average Bonchev–Trinajstić information content (AvgIpc) is 2.42. The van der Waals surface area contributed by atoms with Crippen molar-refractivity contribution < 1.29 is 4.39 Å². The van der Waals surface area contributed by atoms with Crippen molar-refractivity contribution >= 4 is 50.1 Å². The molecule has 0 fully saturated rings. The van der Waals surface area contributed by atoms with Crippen LogP contribution in [-0.4, -0.2) is 0 Å². The molecule has 0 aliphatic rings. The van der Waals surface area contributed by atoms with Crippen LogP contribution in [0.5, 0.6) is 0 Å². The topological polar surface area (TPSA) is 38.0 Å². The van der Waals surface area contributed by atoms with Crippen molar-refractivity contribution in [1.82, 2.24) is 5.43 Å². The van der Waals surface area contributed by atoms with Crippen LogP contribution in [0, 0.1) is 9.39 Å². The minimum absolute atomic E-state index is 0.140. The number of hydrogen-bond donors (Lipinski definition) is 2. The van der Waals surface area contributed by atoms with E-state index in [2.05, 4.69) is 43.9 Å². The zero-order valence-electron chi connectivity index (χ0n) is 10.3. The van der Waals surface area contributed by atoms with E-state index >= 15 is 0 Å². The monoisotopic (exact) mass is 468 g/mol. The molecule has 0 aliphatic heterocycles. The van der Waals surface area contributed by atoms with Gasteiger partial charge in [0, 0.05) is 13.1 Å². The lowest BCUT2D eigenvalue weighted by Gasteiger charge is -2.19. The summed E-state index contributed by atoms with van der Waals surface area (Å²) in [6.45, 7) is 0. The van der Waals surface area contributed by atoms with Gasteiger partial charge in [0.1, 0.15) is 5.82 Å². The summed E-state index contributed by atoms with van der Waals surface area (Å²) in [6, 6.07) is 10.1. The molecule has 0 saturated carbocycles. The fraction of sp³-hybridized carbons (Fsp3) is 0.143. The quantitative estimate of drug-likeness (QED) is 0.391. The molecule has 0 spiro atoms. The molecule has 106 valence electrons. The maximum atomic E-state index is 13.4. The average molecular weight is 470 g/mol. The second kappa shape index (κ2) is 7.17. The Balaban J connectivity index is 2.33. The van der Waals surface area contributed by atoms with Crippen molar-refractivity contribution in [2.75, 3.05) is 0 Å². The zero-order valence-corrected chi connectivity index (χ0v) is 14.8. The standard InChI is InChI=1S/C14H12BrClFIN2/c15-12-3-2-10(17)5-8(12)6-14(20-19)11-7-9(16)1-4-13(11)18/h1-5,7,14,20H,6,19H2. The lowest BCUT2D eigenvalue weighted by molar-refractivity contribution is 0.545. The molecule has 2 rings (SSSR count). The third-order valence-electron chi connectivity index (χ3n) is 2.97. The van der Waals surface area contributed by atoms with E-state index in [-0.39, 0.29) is 11.9 Å². The molecule has 0 heterocycles. The Morgan fingerprint density at radius 3 is 2.75 bits per heavy atom. The van der Waals surface area contributed by atoms with Crippen LogP contribution in [0.4, 0.5) is 4.39 Å². The summed E-state index contributed by atoms with van der Waals surface area (Å²) >= 11 is 11.7. The van der Waals surface area contributed by atoms with Crippen molar-refractivity contribution in [3.63, 3.8) is 0 Å². The first-order valence-corrected chi connectivity index (χ1v) is 8.11. The first-order chi connectivity index (χ1) is 9.51. The van der Waals surface area contributed by atoms with Crippen molar-refractivity contribution in [2.45, 2.75) is 12.5 Å². The van der Waals surface area contributed by atoms with E-state index in [0.717, 1.165) is 19.2 Å². The molecule has 2 nitrogen and oxygen atoms in total. The van der Waals surface area contributed by atoms with E-state index in [1.807, 2.05) is 18.2 Å². The molecule has 0 amide bonds. The van der Waals surface area contributed by atoms with Crippen LogP contribution >= 0.6 is 50.1 Å². The highest BCUT2D eigenvalue weighted by atomic mass is 127. The Hall–Kier alpha value is -0.210. The van der Waals surface area contributed by atoms with Crippen molar-refractivity contribution in [2.24, 2.45) is 5.84 Å². The number of nitrogens with one attached hydrogen (secondary N) is 1. The predicted octanol–water partition coefficient (Wildman–Crippen LogP) is 4.59. The molecule has 20 heavy (non-hydrogen) atoms. The first kappa shape index (κ1) is 16.2. The van der Waals surface area contributed by atoms with Crippen LogP contribution in [0.3, 0.4) is 0 Å². The molecule has 0 aromatic heterocycles. The number of nitrogens with two attached hydrogens (primary N) is 1. The highest BCUT2D eigenvalue weighted by molar-refractivity contribution is 14.1. The van der Waals surface area contributed by atoms with Crippen LogP contribution in [0.1, 0.15) is 17.2 Å². The normalized spacial score (nSPS) is 12.4. The van der Waals surface area contributed by atoms with Gasteiger partial charge in [-0.05, 0) is 76.5 Å². The van der Waals surface area contributed by atoms with Crippen LogP contribution in [0.15, 0.2) is 40.9 Å². The fourth-order valence-electron chi connectivity index (χ4n) is 1.96. The first-order valence-electron chi connectivity index (χ1n) is 5.86. The molecular weight excluding hydrogens is 457 g/mol. The van der Waals surface area contributed by atoms with E-state index in [1.165, 1.54) is 12.1 Å². The lowest BCUT2D eigenvalue weighted by Crippen LogP contribution is -2.30. The minimum Gasteiger partial charge on any atom is -0.271 e. The summed E-state index contributed by atoms with van der Waals surface area (Å²) in [4.78, 5) is 0. The fourth-order valence-corrected chi connectivity index (χ4v) is 3.26. The zero-order chi connectivity index (χ0) is 14.7.